The Labute approximate surface area is 91.0 Å². The van der Waals surface area contributed by atoms with E-state index in [1.807, 2.05) is 0 Å². The van der Waals surface area contributed by atoms with Gasteiger partial charge in [-0.2, -0.15) is 0 Å². The third-order valence-electron chi connectivity index (χ3n) is 1.48. The first kappa shape index (κ1) is 14.8. The number of ether oxygens (including phenoxy) is 3. The first-order valence-corrected chi connectivity index (χ1v) is 5.13. The standard InChI is InChI=1S/C9H22N2O4/c1-11-15-9-8-14-7-6-13-5-4-12-3-2-10/h11H,2-10H2,1H3. The van der Waals surface area contributed by atoms with Crippen LogP contribution in [0.5, 0.6) is 0 Å². The van der Waals surface area contributed by atoms with E-state index in [0.29, 0.717) is 52.8 Å². The maximum atomic E-state index is 5.25. The molecule has 0 radical (unpaired) electrons. The summed E-state index contributed by atoms with van der Waals surface area (Å²) < 4.78 is 15.6. The molecule has 0 aromatic carbocycles. The monoisotopic (exact) mass is 222 g/mol. The van der Waals surface area contributed by atoms with Gasteiger partial charge in [0.05, 0.1) is 46.2 Å². The number of hydrogen-bond acceptors (Lipinski definition) is 6. The van der Waals surface area contributed by atoms with Crippen molar-refractivity contribution in [1.29, 1.82) is 0 Å². The minimum Gasteiger partial charge on any atom is -0.378 e. The normalized spacial score (nSPS) is 10.8. The molecule has 6 heteroatoms. The Bertz CT molecular complexity index is 104. The van der Waals surface area contributed by atoms with Gasteiger partial charge in [0.15, 0.2) is 0 Å². The molecule has 0 heterocycles. The van der Waals surface area contributed by atoms with Gasteiger partial charge in [-0.15, -0.1) is 0 Å². The van der Waals surface area contributed by atoms with Crippen LogP contribution < -0.4 is 11.2 Å². The predicted molar refractivity (Wildman–Crippen MR) is 56.5 cm³/mol. The zero-order chi connectivity index (χ0) is 11.2. The van der Waals surface area contributed by atoms with Crippen molar-refractivity contribution in [3.8, 4) is 0 Å². The van der Waals surface area contributed by atoms with Crippen molar-refractivity contribution in [1.82, 2.24) is 5.48 Å². The average molecular weight is 222 g/mol. The fourth-order valence-electron chi connectivity index (χ4n) is 0.828. The topological polar surface area (TPSA) is 75.0 Å². The van der Waals surface area contributed by atoms with Crippen LogP contribution in [0.3, 0.4) is 0 Å². The van der Waals surface area contributed by atoms with Gasteiger partial charge in [-0.3, -0.25) is 4.84 Å². The minimum atomic E-state index is 0.538. The van der Waals surface area contributed by atoms with Gasteiger partial charge in [-0.1, -0.05) is 0 Å². The third-order valence-corrected chi connectivity index (χ3v) is 1.48. The van der Waals surface area contributed by atoms with Crippen LogP contribution >= 0.6 is 0 Å². The van der Waals surface area contributed by atoms with Crippen molar-refractivity contribution in [3.63, 3.8) is 0 Å². The van der Waals surface area contributed by atoms with E-state index in [-0.39, 0.29) is 0 Å². The van der Waals surface area contributed by atoms with Crippen LogP contribution in [0.25, 0.3) is 0 Å². The molecule has 0 saturated heterocycles. The molecule has 0 fully saturated rings. The van der Waals surface area contributed by atoms with Gasteiger partial charge in [-0.25, -0.2) is 5.48 Å². The molecule has 6 nitrogen and oxygen atoms in total. The van der Waals surface area contributed by atoms with Gasteiger partial charge in [0.25, 0.3) is 0 Å². The van der Waals surface area contributed by atoms with Crippen LogP contribution in [0.2, 0.25) is 0 Å². The molecule has 15 heavy (non-hydrogen) atoms. The van der Waals surface area contributed by atoms with Crippen molar-refractivity contribution in [2.75, 3.05) is 59.8 Å². The van der Waals surface area contributed by atoms with E-state index in [1.54, 1.807) is 7.05 Å². The van der Waals surface area contributed by atoms with E-state index in [2.05, 4.69) is 5.48 Å². The van der Waals surface area contributed by atoms with Gasteiger partial charge in [0.1, 0.15) is 0 Å². The Morgan fingerprint density at radius 3 is 1.73 bits per heavy atom. The van der Waals surface area contributed by atoms with Crippen molar-refractivity contribution in [2.45, 2.75) is 0 Å². The number of nitrogens with two attached hydrogens (primary N) is 1. The molecular formula is C9H22N2O4. The second kappa shape index (κ2) is 13.8. The SMILES string of the molecule is CNOCCOCCOCCOCCN. The molecule has 0 aliphatic heterocycles. The molecule has 0 atom stereocenters. The Kier molecular flexibility index (Phi) is 13.5. The molecule has 0 rings (SSSR count). The second-order valence-corrected chi connectivity index (χ2v) is 2.68. The van der Waals surface area contributed by atoms with Crippen LogP contribution in [-0.4, -0.2) is 59.8 Å². The lowest BCUT2D eigenvalue weighted by Gasteiger charge is -2.06. The van der Waals surface area contributed by atoms with Crippen LogP contribution in [0.1, 0.15) is 0 Å². The van der Waals surface area contributed by atoms with E-state index in [4.69, 9.17) is 24.8 Å². The zero-order valence-corrected chi connectivity index (χ0v) is 9.37. The lowest BCUT2D eigenvalue weighted by atomic mass is 10.7. The lowest BCUT2D eigenvalue weighted by molar-refractivity contribution is -0.0183. The van der Waals surface area contributed by atoms with Crippen molar-refractivity contribution in [3.05, 3.63) is 0 Å². The molecule has 0 aromatic rings. The minimum absolute atomic E-state index is 0.538. The van der Waals surface area contributed by atoms with E-state index < -0.39 is 0 Å². The van der Waals surface area contributed by atoms with Crippen molar-refractivity contribution in [2.24, 2.45) is 5.73 Å². The van der Waals surface area contributed by atoms with Gasteiger partial charge in [0.2, 0.25) is 0 Å². The van der Waals surface area contributed by atoms with Crippen LogP contribution in [0.15, 0.2) is 0 Å². The smallest absolute Gasteiger partial charge is 0.0915 e. The predicted octanol–water partition coefficient (Wildman–Crippen LogP) is -0.854. The molecule has 0 aliphatic carbocycles. The highest BCUT2D eigenvalue weighted by Crippen LogP contribution is 1.81. The Hall–Kier alpha value is -0.240. The first-order valence-electron chi connectivity index (χ1n) is 5.13. The van der Waals surface area contributed by atoms with E-state index in [9.17, 15) is 0 Å². The molecule has 0 bridgehead atoms. The summed E-state index contributed by atoms with van der Waals surface area (Å²) in [6.45, 7) is 4.55. The maximum Gasteiger partial charge on any atom is 0.0915 e. The van der Waals surface area contributed by atoms with E-state index in [1.165, 1.54) is 0 Å². The van der Waals surface area contributed by atoms with Crippen LogP contribution in [0, 0.1) is 0 Å². The number of rotatable bonds is 12. The van der Waals surface area contributed by atoms with Crippen molar-refractivity contribution < 1.29 is 19.0 Å². The molecule has 0 saturated carbocycles. The summed E-state index contributed by atoms with van der Waals surface area (Å²) >= 11 is 0. The number of nitrogens with one attached hydrogen (secondary N) is 1. The molecule has 3 N–H and O–H groups in total. The van der Waals surface area contributed by atoms with Crippen LogP contribution in [-0.2, 0) is 19.0 Å². The molecule has 92 valence electrons. The van der Waals surface area contributed by atoms with Gasteiger partial charge in [-0.05, 0) is 0 Å². The van der Waals surface area contributed by atoms with E-state index >= 15 is 0 Å². The molecule has 0 unspecified atom stereocenters. The molecule has 0 spiro atoms. The highest BCUT2D eigenvalue weighted by atomic mass is 16.7. The number of hydrogen-bond donors (Lipinski definition) is 2. The van der Waals surface area contributed by atoms with Crippen LogP contribution in [0.4, 0.5) is 0 Å². The highest BCUT2D eigenvalue weighted by molar-refractivity contribution is 4.34. The summed E-state index contributed by atoms with van der Waals surface area (Å²) in [5, 5.41) is 0. The maximum absolute atomic E-state index is 5.25. The highest BCUT2D eigenvalue weighted by Gasteiger charge is 1.91. The Morgan fingerprint density at radius 1 is 0.800 bits per heavy atom. The van der Waals surface area contributed by atoms with E-state index in [0.717, 1.165) is 0 Å². The Balaban J connectivity index is 2.81. The molecule has 0 aliphatic rings. The average Bonchev–Trinajstić information content (AvgIpc) is 2.26. The second-order valence-electron chi connectivity index (χ2n) is 2.68. The molecular weight excluding hydrogens is 200 g/mol. The summed E-state index contributed by atoms with van der Waals surface area (Å²) in [6.07, 6.45) is 0. The largest absolute Gasteiger partial charge is 0.378 e. The fourth-order valence-corrected chi connectivity index (χ4v) is 0.828. The lowest BCUT2D eigenvalue weighted by Crippen LogP contribution is -2.16. The zero-order valence-electron chi connectivity index (χ0n) is 9.37. The molecule has 0 aromatic heterocycles. The molecule has 0 amide bonds. The summed E-state index contributed by atoms with van der Waals surface area (Å²) in [6, 6.07) is 0. The fraction of sp³-hybridized carbons (Fsp3) is 1.00. The van der Waals surface area contributed by atoms with Gasteiger partial charge < -0.3 is 19.9 Å². The van der Waals surface area contributed by atoms with Crippen molar-refractivity contribution >= 4 is 0 Å². The summed E-state index contributed by atoms with van der Waals surface area (Å²) in [4.78, 5) is 4.86. The first-order chi connectivity index (χ1) is 7.41. The third kappa shape index (κ3) is 13.8. The summed E-state index contributed by atoms with van der Waals surface area (Å²) in [5.41, 5.74) is 7.81. The number of hydroxylamine groups is 1. The summed E-state index contributed by atoms with van der Waals surface area (Å²) in [7, 11) is 1.71. The van der Waals surface area contributed by atoms with Gasteiger partial charge >= 0.3 is 0 Å². The Morgan fingerprint density at radius 2 is 1.27 bits per heavy atom. The quantitative estimate of drug-likeness (QED) is 0.331. The summed E-state index contributed by atoms with van der Waals surface area (Å²) in [5.74, 6) is 0. The van der Waals surface area contributed by atoms with Gasteiger partial charge in [0, 0.05) is 13.6 Å².